The van der Waals surface area contributed by atoms with Gasteiger partial charge in [-0.1, -0.05) is 13.0 Å². The molecule has 1 aromatic rings. The third-order valence-corrected chi connectivity index (χ3v) is 2.17. The topological polar surface area (TPSA) is 55.5 Å². The number of nitrogens with two attached hydrogens (primary N) is 1. The van der Waals surface area contributed by atoms with E-state index in [-0.39, 0.29) is 6.61 Å². The molecular weight excluding hydrogens is 178 g/mol. The molecule has 3 nitrogen and oxygen atoms in total. The van der Waals surface area contributed by atoms with Crippen LogP contribution in [-0.4, -0.2) is 17.3 Å². The van der Waals surface area contributed by atoms with Crippen LogP contribution >= 0.6 is 0 Å². The Morgan fingerprint density at radius 3 is 2.79 bits per heavy atom. The molecule has 0 aliphatic carbocycles. The van der Waals surface area contributed by atoms with Crippen molar-refractivity contribution in [3.05, 3.63) is 24.3 Å². The number of hydrogen-bond donors (Lipinski definition) is 2. The Morgan fingerprint density at radius 1 is 1.50 bits per heavy atom. The minimum absolute atomic E-state index is 0.285. The summed E-state index contributed by atoms with van der Waals surface area (Å²) in [4.78, 5) is 0. The summed E-state index contributed by atoms with van der Waals surface area (Å²) in [5.41, 5.74) is 5.48. The summed E-state index contributed by atoms with van der Waals surface area (Å²) in [7, 11) is 0. The molecule has 0 aromatic heterocycles. The Morgan fingerprint density at radius 2 is 2.21 bits per heavy atom. The van der Waals surface area contributed by atoms with Crippen molar-refractivity contribution in [2.75, 3.05) is 12.3 Å². The molecule has 78 valence electrons. The molecule has 1 unspecified atom stereocenters. The highest BCUT2D eigenvalue weighted by molar-refractivity contribution is 5.43. The van der Waals surface area contributed by atoms with E-state index in [9.17, 15) is 5.11 Å². The fourth-order valence-electron chi connectivity index (χ4n) is 0.945. The first-order valence-electron chi connectivity index (χ1n) is 4.74. The van der Waals surface area contributed by atoms with Crippen molar-refractivity contribution in [2.45, 2.75) is 25.9 Å². The lowest BCUT2D eigenvalue weighted by Crippen LogP contribution is -2.31. The smallest absolute Gasteiger partial charge is 0.121 e. The lowest BCUT2D eigenvalue weighted by Gasteiger charge is -2.21. The summed E-state index contributed by atoms with van der Waals surface area (Å²) in [6, 6.07) is 7.18. The molecule has 0 radical (unpaired) electrons. The van der Waals surface area contributed by atoms with Crippen LogP contribution in [0.25, 0.3) is 0 Å². The van der Waals surface area contributed by atoms with Crippen LogP contribution in [0.15, 0.2) is 24.3 Å². The van der Waals surface area contributed by atoms with E-state index in [1.165, 1.54) is 0 Å². The van der Waals surface area contributed by atoms with E-state index >= 15 is 0 Å². The van der Waals surface area contributed by atoms with Crippen LogP contribution in [0.4, 0.5) is 5.69 Å². The highest BCUT2D eigenvalue weighted by Crippen LogP contribution is 2.17. The molecule has 0 fully saturated rings. The summed E-state index contributed by atoms with van der Waals surface area (Å²) >= 11 is 0. The van der Waals surface area contributed by atoms with Crippen molar-refractivity contribution >= 4 is 5.69 Å². The molecule has 3 heteroatoms. The van der Waals surface area contributed by atoms with Crippen molar-refractivity contribution in [3.63, 3.8) is 0 Å². The van der Waals surface area contributed by atoms with E-state index in [1.54, 1.807) is 19.1 Å². The van der Waals surface area contributed by atoms with Gasteiger partial charge < -0.3 is 15.6 Å². The standard InChI is InChI=1S/C11H17NO2/c1-3-11(2,13)8-14-10-6-4-5-9(12)7-10/h4-7,13H,3,8,12H2,1-2H3. The number of aliphatic hydroxyl groups is 1. The van der Waals surface area contributed by atoms with Gasteiger partial charge in [-0.05, 0) is 25.5 Å². The van der Waals surface area contributed by atoms with Crippen LogP contribution in [0.1, 0.15) is 20.3 Å². The van der Waals surface area contributed by atoms with Crippen molar-refractivity contribution in [3.8, 4) is 5.75 Å². The predicted molar refractivity (Wildman–Crippen MR) is 57.3 cm³/mol. The van der Waals surface area contributed by atoms with Crippen molar-refractivity contribution in [1.82, 2.24) is 0 Å². The molecule has 3 N–H and O–H groups in total. The molecule has 1 rings (SSSR count). The summed E-state index contributed by atoms with van der Waals surface area (Å²) < 4.78 is 5.41. The zero-order chi connectivity index (χ0) is 10.6. The maximum Gasteiger partial charge on any atom is 0.121 e. The zero-order valence-electron chi connectivity index (χ0n) is 8.66. The maximum atomic E-state index is 9.70. The van der Waals surface area contributed by atoms with Gasteiger partial charge in [-0.3, -0.25) is 0 Å². The van der Waals surface area contributed by atoms with E-state index in [2.05, 4.69) is 0 Å². The molecule has 0 heterocycles. The predicted octanol–water partition coefficient (Wildman–Crippen LogP) is 1.81. The molecule has 1 aromatic carbocycles. The highest BCUT2D eigenvalue weighted by Gasteiger charge is 2.18. The Bertz CT molecular complexity index is 297. The number of nitrogen functional groups attached to an aromatic ring is 1. The second-order valence-corrected chi connectivity index (χ2v) is 3.71. The summed E-state index contributed by atoms with van der Waals surface area (Å²) in [6.45, 7) is 3.95. The van der Waals surface area contributed by atoms with Gasteiger partial charge in [0.05, 0.1) is 5.60 Å². The molecule has 14 heavy (non-hydrogen) atoms. The number of ether oxygens (including phenoxy) is 1. The summed E-state index contributed by atoms with van der Waals surface area (Å²) in [5, 5.41) is 9.70. The normalized spacial score (nSPS) is 14.8. The molecular formula is C11H17NO2. The number of anilines is 1. The van der Waals surface area contributed by atoms with Gasteiger partial charge in [-0.25, -0.2) is 0 Å². The fourth-order valence-corrected chi connectivity index (χ4v) is 0.945. The second kappa shape index (κ2) is 4.33. The van der Waals surface area contributed by atoms with Gasteiger partial charge in [0.25, 0.3) is 0 Å². The largest absolute Gasteiger partial charge is 0.491 e. The number of hydrogen-bond acceptors (Lipinski definition) is 3. The van der Waals surface area contributed by atoms with Crippen LogP contribution in [-0.2, 0) is 0 Å². The van der Waals surface area contributed by atoms with Gasteiger partial charge in [-0.15, -0.1) is 0 Å². The molecule has 0 amide bonds. The molecule has 0 aliphatic heterocycles. The van der Waals surface area contributed by atoms with Crippen LogP contribution in [0.3, 0.4) is 0 Å². The molecule has 1 atom stereocenters. The molecule has 0 saturated heterocycles. The van der Waals surface area contributed by atoms with Gasteiger partial charge in [0, 0.05) is 11.8 Å². The first kappa shape index (κ1) is 10.9. The van der Waals surface area contributed by atoms with Gasteiger partial charge in [0.2, 0.25) is 0 Å². The Hall–Kier alpha value is -1.22. The molecule has 0 aliphatic rings. The Balaban J connectivity index is 2.54. The average molecular weight is 195 g/mol. The van der Waals surface area contributed by atoms with E-state index in [0.29, 0.717) is 17.9 Å². The third-order valence-electron chi connectivity index (χ3n) is 2.17. The van der Waals surface area contributed by atoms with Crippen LogP contribution in [0.2, 0.25) is 0 Å². The first-order chi connectivity index (χ1) is 6.53. The first-order valence-corrected chi connectivity index (χ1v) is 4.74. The van der Waals surface area contributed by atoms with Gasteiger partial charge in [0.1, 0.15) is 12.4 Å². The van der Waals surface area contributed by atoms with Crippen LogP contribution in [0.5, 0.6) is 5.75 Å². The minimum atomic E-state index is -0.773. The summed E-state index contributed by atoms with van der Waals surface area (Å²) in [5.74, 6) is 0.693. The Labute approximate surface area is 84.5 Å². The lowest BCUT2D eigenvalue weighted by atomic mass is 10.1. The molecule has 0 saturated carbocycles. The van der Waals surface area contributed by atoms with Crippen molar-refractivity contribution in [1.29, 1.82) is 0 Å². The van der Waals surface area contributed by atoms with Gasteiger partial charge >= 0.3 is 0 Å². The summed E-state index contributed by atoms with van der Waals surface area (Å²) in [6.07, 6.45) is 0.662. The SMILES string of the molecule is CCC(C)(O)COc1cccc(N)c1. The van der Waals surface area contributed by atoms with Gasteiger partial charge in [0.15, 0.2) is 0 Å². The zero-order valence-corrected chi connectivity index (χ0v) is 8.66. The third kappa shape index (κ3) is 3.26. The number of benzene rings is 1. The monoisotopic (exact) mass is 195 g/mol. The fraction of sp³-hybridized carbons (Fsp3) is 0.455. The molecule has 0 spiro atoms. The van der Waals surface area contributed by atoms with E-state index < -0.39 is 5.60 Å². The average Bonchev–Trinajstić information content (AvgIpc) is 2.15. The number of rotatable bonds is 4. The van der Waals surface area contributed by atoms with Crippen molar-refractivity contribution < 1.29 is 9.84 Å². The van der Waals surface area contributed by atoms with Crippen LogP contribution in [0, 0.1) is 0 Å². The highest BCUT2D eigenvalue weighted by atomic mass is 16.5. The Kier molecular flexibility index (Phi) is 3.36. The second-order valence-electron chi connectivity index (χ2n) is 3.71. The maximum absolute atomic E-state index is 9.70. The van der Waals surface area contributed by atoms with Gasteiger partial charge in [-0.2, -0.15) is 0 Å². The van der Waals surface area contributed by atoms with Crippen molar-refractivity contribution in [2.24, 2.45) is 0 Å². The van der Waals surface area contributed by atoms with E-state index in [0.717, 1.165) is 0 Å². The quantitative estimate of drug-likeness (QED) is 0.720. The van der Waals surface area contributed by atoms with Crippen LogP contribution < -0.4 is 10.5 Å². The minimum Gasteiger partial charge on any atom is -0.491 e. The lowest BCUT2D eigenvalue weighted by molar-refractivity contribution is 0.00849. The van der Waals surface area contributed by atoms with E-state index in [1.807, 2.05) is 19.1 Å². The molecule has 0 bridgehead atoms. The van der Waals surface area contributed by atoms with E-state index in [4.69, 9.17) is 10.5 Å².